The van der Waals surface area contributed by atoms with Crippen LogP contribution in [0.2, 0.25) is 0 Å². The molecule has 0 aromatic heterocycles. The first-order chi connectivity index (χ1) is 11.7. The zero-order valence-corrected chi connectivity index (χ0v) is 13.6. The van der Waals surface area contributed by atoms with E-state index in [2.05, 4.69) is 36.4 Å². The van der Waals surface area contributed by atoms with Crippen molar-refractivity contribution in [2.45, 2.75) is 25.0 Å². The van der Waals surface area contributed by atoms with Crippen LogP contribution >= 0.6 is 0 Å². The van der Waals surface area contributed by atoms with E-state index in [0.29, 0.717) is 19.0 Å². The Balaban J connectivity index is 1.73. The Bertz CT molecular complexity index is 702. The minimum atomic E-state index is -0.463. The molecule has 2 atom stereocenters. The monoisotopic (exact) mass is 320 g/mol. The summed E-state index contributed by atoms with van der Waals surface area (Å²) in [7, 11) is 2.84. The van der Waals surface area contributed by atoms with Crippen molar-refractivity contribution in [1.82, 2.24) is 4.81 Å². The zero-order chi connectivity index (χ0) is 16.9. The lowest BCUT2D eigenvalue weighted by molar-refractivity contribution is -0.132. The van der Waals surface area contributed by atoms with Crippen LogP contribution in [0.15, 0.2) is 54.6 Å². The van der Waals surface area contributed by atoms with Gasteiger partial charge >= 0.3 is 7.41 Å². The highest BCUT2D eigenvalue weighted by atomic mass is 16.5. The van der Waals surface area contributed by atoms with E-state index in [4.69, 9.17) is 4.74 Å². The SMILES string of the molecule is CO[C@H]1C[C@@H](Cc2ccc(-c3ccccc3)cc2)N([B]C=O)C1=O. The average molecular weight is 320 g/mol. The number of hydrogen-bond donors (Lipinski definition) is 0. The van der Waals surface area contributed by atoms with Gasteiger partial charge in [-0.15, -0.1) is 0 Å². The quantitative estimate of drug-likeness (QED) is 0.606. The van der Waals surface area contributed by atoms with Gasteiger partial charge in [-0.3, -0.25) is 4.79 Å². The molecule has 4 nitrogen and oxygen atoms in total. The first-order valence-corrected chi connectivity index (χ1v) is 8.01. The number of amides is 1. The normalized spacial score (nSPS) is 20.2. The van der Waals surface area contributed by atoms with Crippen LogP contribution in [0, 0.1) is 0 Å². The van der Waals surface area contributed by atoms with Crippen molar-refractivity contribution in [2.75, 3.05) is 7.11 Å². The molecule has 2 aromatic carbocycles. The molecule has 3 rings (SSSR count). The van der Waals surface area contributed by atoms with Crippen molar-refractivity contribution in [3.8, 4) is 11.1 Å². The molecule has 2 aromatic rings. The summed E-state index contributed by atoms with van der Waals surface area (Å²) in [4.78, 5) is 24.5. The number of carbonyl (C=O) groups is 2. The summed E-state index contributed by atoms with van der Waals surface area (Å²) in [6, 6.07) is 18.5. The third kappa shape index (κ3) is 3.41. The summed E-state index contributed by atoms with van der Waals surface area (Å²) in [6.07, 6.45) is 1.49. The van der Waals surface area contributed by atoms with E-state index in [0.717, 1.165) is 11.1 Å². The lowest BCUT2D eigenvalue weighted by Crippen LogP contribution is -2.39. The van der Waals surface area contributed by atoms with Crippen molar-refractivity contribution in [1.29, 1.82) is 0 Å². The van der Waals surface area contributed by atoms with Crippen LogP contribution in [0.25, 0.3) is 11.1 Å². The Morgan fingerprint density at radius 2 is 1.79 bits per heavy atom. The van der Waals surface area contributed by atoms with E-state index in [1.54, 1.807) is 0 Å². The second kappa shape index (κ2) is 7.45. The first-order valence-electron chi connectivity index (χ1n) is 8.01. The second-order valence-electron chi connectivity index (χ2n) is 5.91. The van der Waals surface area contributed by atoms with Gasteiger partial charge in [0.05, 0.1) is 0 Å². The smallest absolute Gasteiger partial charge is 0.331 e. The molecule has 1 amide bonds. The Morgan fingerprint density at radius 1 is 1.12 bits per heavy atom. The Labute approximate surface area is 142 Å². The van der Waals surface area contributed by atoms with Gasteiger partial charge in [-0.2, -0.15) is 0 Å². The summed E-state index contributed by atoms with van der Waals surface area (Å²) < 4.78 is 5.22. The highest BCUT2D eigenvalue weighted by Gasteiger charge is 2.39. The van der Waals surface area contributed by atoms with Crippen LogP contribution in [0.5, 0.6) is 0 Å². The fourth-order valence-corrected chi connectivity index (χ4v) is 3.18. The third-order valence-corrected chi connectivity index (χ3v) is 4.45. The molecule has 0 unspecified atom stereocenters. The van der Waals surface area contributed by atoms with Gasteiger partial charge in [0.1, 0.15) is 12.3 Å². The van der Waals surface area contributed by atoms with Gasteiger partial charge in [-0.05, 0) is 23.1 Å². The number of rotatable bonds is 6. The molecule has 24 heavy (non-hydrogen) atoms. The van der Waals surface area contributed by atoms with Gasteiger partial charge in [0.25, 0.3) is 0 Å². The Morgan fingerprint density at radius 3 is 2.42 bits per heavy atom. The van der Waals surface area contributed by atoms with Crippen molar-refractivity contribution in [3.05, 3.63) is 60.2 Å². The maximum Gasteiger partial charge on any atom is 0.331 e. The molecule has 0 aliphatic carbocycles. The fourth-order valence-electron chi connectivity index (χ4n) is 3.18. The standard InChI is InChI=1S/C19H19BNO3/c1-24-18-12-17(21(19(18)23)20-13-22)11-14-7-9-16(10-8-14)15-5-3-2-4-6-15/h2-10,13,17-18H,11-12H2,1H3/t17-,18+/m1/s1. The highest BCUT2D eigenvalue weighted by Crippen LogP contribution is 2.25. The Kier molecular flexibility index (Phi) is 5.11. The van der Waals surface area contributed by atoms with Crippen LogP contribution in [0.4, 0.5) is 0 Å². The molecule has 1 heterocycles. The van der Waals surface area contributed by atoms with E-state index >= 15 is 0 Å². The number of ether oxygens (including phenoxy) is 1. The van der Waals surface area contributed by atoms with E-state index in [1.165, 1.54) is 24.9 Å². The van der Waals surface area contributed by atoms with Crippen molar-refractivity contribution < 1.29 is 14.3 Å². The summed E-state index contributed by atoms with van der Waals surface area (Å²) >= 11 is 0. The average Bonchev–Trinajstić information content (AvgIpc) is 2.92. The molecular formula is C19H19BNO3. The predicted octanol–water partition coefficient (Wildman–Crippen LogP) is 2.32. The summed E-state index contributed by atoms with van der Waals surface area (Å²) in [5.41, 5.74) is 3.47. The van der Waals surface area contributed by atoms with Gasteiger partial charge in [0.2, 0.25) is 5.91 Å². The number of nitrogens with zero attached hydrogens (tertiary/aromatic N) is 1. The molecule has 121 valence electrons. The largest absolute Gasteiger partial charge is 0.377 e. The Hall–Kier alpha value is -2.40. The van der Waals surface area contributed by atoms with Crippen LogP contribution in [-0.2, 0) is 20.7 Å². The minimum absolute atomic E-state index is 0.0461. The molecule has 0 saturated carbocycles. The summed E-state index contributed by atoms with van der Waals surface area (Å²) in [6.45, 7) is 0. The lowest BCUT2D eigenvalue weighted by atomic mass is 9.91. The molecule has 1 aliphatic rings. The second-order valence-corrected chi connectivity index (χ2v) is 5.91. The molecule has 1 aliphatic heterocycles. The molecular weight excluding hydrogens is 301 g/mol. The molecule has 5 heteroatoms. The van der Waals surface area contributed by atoms with Crippen LogP contribution in [-0.4, -0.2) is 43.6 Å². The minimum Gasteiger partial charge on any atom is -0.377 e. The van der Waals surface area contributed by atoms with Gasteiger partial charge < -0.3 is 14.3 Å². The van der Waals surface area contributed by atoms with Gasteiger partial charge in [0, 0.05) is 19.6 Å². The number of hydrogen-bond acceptors (Lipinski definition) is 3. The van der Waals surface area contributed by atoms with Crippen LogP contribution in [0.1, 0.15) is 12.0 Å². The van der Waals surface area contributed by atoms with E-state index < -0.39 is 6.10 Å². The van der Waals surface area contributed by atoms with Gasteiger partial charge in [-0.1, -0.05) is 54.6 Å². The highest BCUT2D eigenvalue weighted by molar-refractivity contribution is 6.66. The van der Waals surface area contributed by atoms with Crippen molar-refractivity contribution in [3.63, 3.8) is 0 Å². The van der Waals surface area contributed by atoms with Crippen molar-refractivity contribution in [2.24, 2.45) is 0 Å². The van der Waals surface area contributed by atoms with E-state index in [9.17, 15) is 9.59 Å². The molecule has 1 radical (unpaired) electrons. The van der Waals surface area contributed by atoms with Gasteiger partial charge in [0.15, 0.2) is 0 Å². The van der Waals surface area contributed by atoms with Crippen LogP contribution in [0.3, 0.4) is 0 Å². The number of benzene rings is 2. The molecule has 1 fully saturated rings. The topological polar surface area (TPSA) is 46.6 Å². The summed E-state index contributed by atoms with van der Waals surface area (Å²) in [5.74, 6) is -0.143. The molecule has 0 N–H and O–H groups in total. The zero-order valence-electron chi connectivity index (χ0n) is 13.6. The van der Waals surface area contributed by atoms with Gasteiger partial charge in [-0.25, -0.2) is 0 Å². The molecule has 0 bridgehead atoms. The summed E-state index contributed by atoms with van der Waals surface area (Å²) in [5, 5.41) is 0. The maximum absolute atomic E-state index is 12.2. The fraction of sp³-hybridized carbons (Fsp3) is 0.263. The maximum atomic E-state index is 12.2. The number of methoxy groups -OCH3 is 1. The van der Waals surface area contributed by atoms with Crippen molar-refractivity contribution >= 4 is 19.5 Å². The molecule has 1 saturated heterocycles. The van der Waals surface area contributed by atoms with E-state index in [-0.39, 0.29) is 11.9 Å². The third-order valence-electron chi connectivity index (χ3n) is 4.45. The van der Waals surface area contributed by atoms with Crippen LogP contribution < -0.4 is 0 Å². The first kappa shape index (κ1) is 16.5. The lowest BCUT2D eigenvalue weighted by Gasteiger charge is -2.22. The van der Waals surface area contributed by atoms with E-state index in [1.807, 2.05) is 18.2 Å². The predicted molar refractivity (Wildman–Crippen MR) is 94.1 cm³/mol. The number of carbonyl (C=O) groups excluding carboxylic acids is 2. The molecule has 0 spiro atoms.